The Hall–Kier alpha value is -2.04. The van der Waals surface area contributed by atoms with Gasteiger partial charge in [-0.3, -0.25) is 0 Å². The van der Waals surface area contributed by atoms with Crippen molar-refractivity contribution in [1.29, 1.82) is 0 Å². The minimum atomic E-state index is -0.823. The average molecular weight is 250 g/mol. The number of terminal acetylenes is 1. The topological polar surface area (TPSA) is 9.23 Å². The van der Waals surface area contributed by atoms with Crippen LogP contribution >= 0.6 is 0 Å². The lowest BCUT2D eigenvalue weighted by atomic mass is 9.86. The standard InChI is InChI=1S/C18H18O/c1-4-18(19-15(2)3,16-11-7-5-8-12-16)17-13-9-6-10-14-17/h1,5-15H,2-3H3. The van der Waals surface area contributed by atoms with E-state index in [-0.39, 0.29) is 6.10 Å². The Morgan fingerprint density at radius 2 is 1.32 bits per heavy atom. The minimum absolute atomic E-state index is 0.0384. The number of benzene rings is 2. The maximum absolute atomic E-state index is 6.12. The normalized spacial score (nSPS) is 11.3. The zero-order valence-corrected chi connectivity index (χ0v) is 11.3. The van der Waals surface area contributed by atoms with E-state index in [9.17, 15) is 0 Å². The van der Waals surface area contributed by atoms with Gasteiger partial charge in [-0.25, -0.2) is 0 Å². The lowest BCUT2D eigenvalue weighted by molar-refractivity contribution is -0.0174. The van der Waals surface area contributed by atoms with Crippen molar-refractivity contribution in [1.82, 2.24) is 0 Å². The van der Waals surface area contributed by atoms with Crippen LogP contribution in [0.25, 0.3) is 0 Å². The first kappa shape index (κ1) is 13.4. The number of hydrogen-bond acceptors (Lipinski definition) is 1. The summed E-state index contributed by atoms with van der Waals surface area (Å²) < 4.78 is 6.12. The van der Waals surface area contributed by atoms with E-state index in [0.717, 1.165) is 11.1 Å². The Morgan fingerprint density at radius 3 is 1.63 bits per heavy atom. The lowest BCUT2D eigenvalue weighted by Crippen LogP contribution is -2.32. The van der Waals surface area contributed by atoms with E-state index >= 15 is 0 Å². The summed E-state index contributed by atoms with van der Waals surface area (Å²) in [4.78, 5) is 0. The summed E-state index contributed by atoms with van der Waals surface area (Å²) in [5, 5.41) is 0. The first-order chi connectivity index (χ1) is 9.19. The van der Waals surface area contributed by atoms with Crippen LogP contribution in [0.1, 0.15) is 25.0 Å². The van der Waals surface area contributed by atoms with Crippen LogP contribution in [0.15, 0.2) is 60.7 Å². The summed E-state index contributed by atoms with van der Waals surface area (Å²) in [6, 6.07) is 19.9. The highest BCUT2D eigenvalue weighted by Gasteiger charge is 2.34. The predicted molar refractivity (Wildman–Crippen MR) is 78.7 cm³/mol. The van der Waals surface area contributed by atoms with Gasteiger partial charge in [0.25, 0.3) is 0 Å². The molecule has 0 aliphatic heterocycles. The van der Waals surface area contributed by atoms with Crippen molar-refractivity contribution in [2.45, 2.75) is 25.6 Å². The fourth-order valence-electron chi connectivity index (χ4n) is 2.20. The smallest absolute Gasteiger partial charge is 0.179 e. The summed E-state index contributed by atoms with van der Waals surface area (Å²) in [7, 11) is 0. The molecule has 0 unspecified atom stereocenters. The third-order valence-electron chi connectivity index (χ3n) is 2.98. The second-order valence-corrected chi connectivity index (χ2v) is 4.72. The third kappa shape index (κ3) is 2.70. The highest BCUT2D eigenvalue weighted by molar-refractivity contribution is 5.44. The molecule has 0 spiro atoms. The van der Waals surface area contributed by atoms with Crippen LogP contribution < -0.4 is 0 Å². The molecular weight excluding hydrogens is 232 g/mol. The van der Waals surface area contributed by atoms with E-state index in [1.54, 1.807) is 0 Å². The molecule has 2 aromatic rings. The van der Waals surface area contributed by atoms with Crippen LogP contribution in [-0.4, -0.2) is 6.10 Å². The quantitative estimate of drug-likeness (QED) is 0.746. The van der Waals surface area contributed by atoms with Gasteiger partial charge in [0.05, 0.1) is 6.10 Å². The zero-order valence-electron chi connectivity index (χ0n) is 11.3. The molecule has 0 heterocycles. The highest BCUT2D eigenvalue weighted by Crippen LogP contribution is 2.34. The van der Waals surface area contributed by atoms with Gasteiger partial charge in [0.1, 0.15) is 0 Å². The molecule has 0 saturated heterocycles. The predicted octanol–water partition coefficient (Wildman–Crippen LogP) is 3.99. The Morgan fingerprint density at radius 1 is 0.895 bits per heavy atom. The lowest BCUT2D eigenvalue weighted by Gasteiger charge is -2.32. The number of ether oxygens (including phenoxy) is 1. The Bertz CT molecular complexity index is 510. The molecule has 0 amide bonds. The Balaban J connectivity index is 2.59. The summed E-state index contributed by atoms with van der Waals surface area (Å²) in [5.41, 5.74) is 1.14. The van der Waals surface area contributed by atoms with E-state index in [4.69, 9.17) is 11.2 Å². The molecule has 2 rings (SSSR count). The molecule has 1 heteroatoms. The van der Waals surface area contributed by atoms with Crippen molar-refractivity contribution in [3.05, 3.63) is 71.8 Å². The molecule has 0 radical (unpaired) electrons. The molecular formula is C18H18O. The number of hydrogen-bond donors (Lipinski definition) is 0. The van der Waals surface area contributed by atoms with Crippen LogP contribution in [-0.2, 0) is 10.3 Å². The molecule has 96 valence electrons. The van der Waals surface area contributed by atoms with Crippen LogP contribution in [0.4, 0.5) is 0 Å². The van der Waals surface area contributed by atoms with Crippen LogP contribution in [0.2, 0.25) is 0 Å². The first-order valence-electron chi connectivity index (χ1n) is 6.45. The van der Waals surface area contributed by atoms with Crippen molar-refractivity contribution in [2.24, 2.45) is 0 Å². The van der Waals surface area contributed by atoms with E-state index in [1.807, 2.05) is 74.5 Å². The maximum Gasteiger partial charge on any atom is 0.179 e. The van der Waals surface area contributed by atoms with Gasteiger partial charge in [0.2, 0.25) is 0 Å². The molecule has 0 bridgehead atoms. The average Bonchev–Trinajstić information content (AvgIpc) is 2.46. The van der Waals surface area contributed by atoms with Gasteiger partial charge in [0, 0.05) is 11.1 Å². The maximum atomic E-state index is 6.12. The molecule has 0 aromatic heterocycles. The third-order valence-corrected chi connectivity index (χ3v) is 2.98. The second kappa shape index (κ2) is 5.73. The van der Waals surface area contributed by atoms with Gasteiger partial charge < -0.3 is 4.74 Å². The molecule has 19 heavy (non-hydrogen) atoms. The largest absolute Gasteiger partial charge is 0.351 e. The van der Waals surface area contributed by atoms with Crippen molar-refractivity contribution >= 4 is 0 Å². The molecule has 1 nitrogen and oxygen atoms in total. The van der Waals surface area contributed by atoms with E-state index < -0.39 is 5.60 Å². The highest BCUT2D eigenvalue weighted by atomic mass is 16.5. The molecule has 2 aromatic carbocycles. The molecule has 0 fully saturated rings. The first-order valence-corrected chi connectivity index (χ1v) is 6.45. The van der Waals surface area contributed by atoms with E-state index in [1.165, 1.54) is 0 Å². The molecule has 0 saturated carbocycles. The minimum Gasteiger partial charge on any atom is -0.351 e. The summed E-state index contributed by atoms with van der Waals surface area (Å²) in [5.74, 6) is 2.86. The van der Waals surface area contributed by atoms with Gasteiger partial charge in [0.15, 0.2) is 5.60 Å². The van der Waals surface area contributed by atoms with Gasteiger partial charge in [-0.1, -0.05) is 66.6 Å². The fraction of sp³-hybridized carbons (Fsp3) is 0.222. The second-order valence-electron chi connectivity index (χ2n) is 4.72. The zero-order chi connectivity index (χ0) is 13.7. The summed E-state index contributed by atoms with van der Waals surface area (Å²) >= 11 is 0. The summed E-state index contributed by atoms with van der Waals surface area (Å²) in [6.45, 7) is 4.00. The number of rotatable bonds is 4. The van der Waals surface area contributed by atoms with Crippen molar-refractivity contribution in [3.63, 3.8) is 0 Å². The van der Waals surface area contributed by atoms with Crippen molar-refractivity contribution < 1.29 is 4.74 Å². The van der Waals surface area contributed by atoms with E-state index in [2.05, 4.69) is 5.92 Å². The van der Waals surface area contributed by atoms with Crippen molar-refractivity contribution in [2.75, 3.05) is 0 Å². The van der Waals surface area contributed by atoms with Crippen LogP contribution in [0.5, 0.6) is 0 Å². The van der Waals surface area contributed by atoms with Crippen LogP contribution in [0.3, 0.4) is 0 Å². The molecule has 0 N–H and O–H groups in total. The van der Waals surface area contributed by atoms with Gasteiger partial charge >= 0.3 is 0 Å². The summed E-state index contributed by atoms with van der Waals surface area (Å²) in [6.07, 6.45) is 5.88. The van der Waals surface area contributed by atoms with Crippen molar-refractivity contribution in [3.8, 4) is 12.3 Å². The van der Waals surface area contributed by atoms with Gasteiger partial charge in [-0.05, 0) is 13.8 Å². The molecule has 0 aliphatic rings. The SMILES string of the molecule is C#CC(OC(C)C)(c1ccccc1)c1ccccc1. The van der Waals surface area contributed by atoms with Gasteiger partial charge in [-0.15, -0.1) is 6.42 Å². The van der Waals surface area contributed by atoms with Crippen LogP contribution in [0, 0.1) is 12.3 Å². The van der Waals surface area contributed by atoms with Gasteiger partial charge in [-0.2, -0.15) is 0 Å². The molecule has 0 atom stereocenters. The fourth-order valence-corrected chi connectivity index (χ4v) is 2.20. The molecule has 0 aliphatic carbocycles. The Labute approximate surface area is 115 Å². The monoisotopic (exact) mass is 250 g/mol. The van der Waals surface area contributed by atoms with E-state index in [0.29, 0.717) is 0 Å². The Kier molecular flexibility index (Phi) is 4.04.